The molecule has 0 saturated heterocycles. The predicted octanol–water partition coefficient (Wildman–Crippen LogP) is 2.03. The Morgan fingerprint density at radius 3 is 2.75 bits per heavy atom. The van der Waals surface area contributed by atoms with Crippen molar-refractivity contribution in [1.82, 2.24) is 14.8 Å². The van der Waals surface area contributed by atoms with Crippen LogP contribution in [0.25, 0.3) is 0 Å². The quantitative estimate of drug-likeness (QED) is 0.772. The molecule has 0 aliphatic carbocycles. The third kappa shape index (κ3) is 4.31. The largest absolute Gasteiger partial charge is 0.393 e. The van der Waals surface area contributed by atoms with E-state index in [1.807, 2.05) is 4.68 Å². The molecular formula is C12H23N3O. The van der Waals surface area contributed by atoms with Gasteiger partial charge in [-0.25, -0.2) is 4.98 Å². The van der Waals surface area contributed by atoms with Crippen molar-refractivity contribution >= 4 is 0 Å². The summed E-state index contributed by atoms with van der Waals surface area (Å²) in [5.41, 5.74) is 0. The molecule has 0 aliphatic rings. The third-order valence-electron chi connectivity index (χ3n) is 2.63. The molecule has 0 radical (unpaired) electrons. The van der Waals surface area contributed by atoms with E-state index in [1.165, 1.54) is 0 Å². The molecule has 1 heterocycles. The van der Waals surface area contributed by atoms with E-state index in [0.717, 1.165) is 31.6 Å². The van der Waals surface area contributed by atoms with Crippen LogP contribution < -0.4 is 0 Å². The fourth-order valence-corrected chi connectivity index (χ4v) is 1.68. The molecule has 0 aliphatic heterocycles. The topological polar surface area (TPSA) is 50.9 Å². The van der Waals surface area contributed by atoms with Crippen LogP contribution in [0.15, 0.2) is 6.33 Å². The molecule has 1 aromatic heterocycles. The molecule has 0 bridgehead atoms. The van der Waals surface area contributed by atoms with Gasteiger partial charge in [-0.1, -0.05) is 20.8 Å². The van der Waals surface area contributed by atoms with E-state index in [-0.39, 0.29) is 6.10 Å². The molecule has 1 unspecified atom stereocenters. The summed E-state index contributed by atoms with van der Waals surface area (Å²) in [6.07, 6.45) is 4.84. The average molecular weight is 225 g/mol. The van der Waals surface area contributed by atoms with Gasteiger partial charge in [0.2, 0.25) is 0 Å². The van der Waals surface area contributed by atoms with Gasteiger partial charge in [0.1, 0.15) is 12.2 Å². The van der Waals surface area contributed by atoms with Crippen LogP contribution in [0.4, 0.5) is 0 Å². The Labute approximate surface area is 97.7 Å². The molecule has 4 heteroatoms. The van der Waals surface area contributed by atoms with Crippen molar-refractivity contribution in [2.24, 2.45) is 5.92 Å². The molecule has 1 N–H and O–H groups in total. The van der Waals surface area contributed by atoms with Crippen LogP contribution >= 0.6 is 0 Å². The first-order chi connectivity index (χ1) is 7.63. The first-order valence-electron chi connectivity index (χ1n) is 6.18. The minimum absolute atomic E-state index is 0.290. The molecule has 0 aromatic carbocycles. The van der Waals surface area contributed by atoms with Gasteiger partial charge in [0.05, 0.1) is 6.10 Å². The zero-order valence-electron chi connectivity index (χ0n) is 10.6. The normalized spacial score (nSPS) is 13.3. The van der Waals surface area contributed by atoms with Gasteiger partial charge in [0.15, 0.2) is 0 Å². The Bertz CT molecular complexity index is 296. The van der Waals surface area contributed by atoms with E-state index in [9.17, 15) is 5.11 Å². The van der Waals surface area contributed by atoms with Crippen LogP contribution in [0.3, 0.4) is 0 Å². The Balaban J connectivity index is 2.42. The van der Waals surface area contributed by atoms with Crippen molar-refractivity contribution in [2.75, 3.05) is 0 Å². The number of aliphatic hydroxyl groups is 1. The summed E-state index contributed by atoms with van der Waals surface area (Å²) in [6, 6.07) is 0. The van der Waals surface area contributed by atoms with Crippen molar-refractivity contribution in [3.8, 4) is 0 Å². The maximum Gasteiger partial charge on any atom is 0.138 e. The molecule has 0 spiro atoms. The molecule has 4 nitrogen and oxygen atoms in total. The fraction of sp³-hybridized carbons (Fsp3) is 0.833. The van der Waals surface area contributed by atoms with Crippen molar-refractivity contribution in [2.45, 2.75) is 59.1 Å². The summed E-state index contributed by atoms with van der Waals surface area (Å²) in [6.45, 7) is 7.34. The van der Waals surface area contributed by atoms with Crippen LogP contribution in [0.1, 0.15) is 45.9 Å². The summed E-state index contributed by atoms with van der Waals surface area (Å²) >= 11 is 0. The zero-order valence-corrected chi connectivity index (χ0v) is 10.6. The van der Waals surface area contributed by atoms with Gasteiger partial charge in [0, 0.05) is 13.0 Å². The Morgan fingerprint density at radius 2 is 2.12 bits per heavy atom. The first-order valence-corrected chi connectivity index (χ1v) is 6.18. The van der Waals surface area contributed by atoms with Crippen molar-refractivity contribution in [3.63, 3.8) is 0 Å². The lowest BCUT2D eigenvalue weighted by Crippen LogP contribution is -2.16. The number of rotatable bonds is 7. The second kappa shape index (κ2) is 6.63. The van der Waals surface area contributed by atoms with Gasteiger partial charge in [-0.05, 0) is 25.2 Å². The molecule has 1 rings (SSSR count). The Morgan fingerprint density at radius 1 is 1.38 bits per heavy atom. The second-order valence-electron chi connectivity index (χ2n) is 4.73. The van der Waals surface area contributed by atoms with Crippen LogP contribution in [-0.2, 0) is 13.0 Å². The lowest BCUT2D eigenvalue weighted by molar-refractivity contribution is 0.153. The van der Waals surface area contributed by atoms with E-state index in [4.69, 9.17) is 0 Å². The fourth-order valence-electron chi connectivity index (χ4n) is 1.68. The third-order valence-corrected chi connectivity index (χ3v) is 2.63. The standard InChI is InChI=1S/C12H23N3O/c1-4-7-15-12(13-9-14-15)8-11(16)6-5-10(2)3/h9-11,16H,4-8H2,1-3H3. The number of hydrogen-bond donors (Lipinski definition) is 1. The maximum absolute atomic E-state index is 9.88. The minimum Gasteiger partial charge on any atom is -0.393 e. The summed E-state index contributed by atoms with van der Waals surface area (Å²) in [5, 5.41) is 14.0. The lowest BCUT2D eigenvalue weighted by Gasteiger charge is -2.12. The van der Waals surface area contributed by atoms with Crippen LogP contribution in [0.5, 0.6) is 0 Å². The molecule has 1 aromatic rings. The highest BCUT2D eigenvalue weighted by Gasteiger charge is 2.11. The van der Waals surface area contributed by atoms with E-state index < -0.39 is 0 Å². The number of nitrogens with zero attached hydrogens (tertiary/aromatic N) is 3. The number of aliphatic hydroxyl groups excluding tert-OH is 1. The maximum atomic E-state index is 9.88. The first kappa shape index (κ1) is 13.2. The monoisotopic (exact) mass is 225 g/mol. The number of aryl methyl sites for hydroxylation is 1. The molecule has 1 atom stereocenters. The SMILES string of the molecule is CCCn1ncnc1CC(O)CCC(C)C. The molecule has 0 amide bonds. The molecule has 16 heavy (non-hydrogen) atoms. The summed E-state index contributed by atoms with van der Waals surface area (Å²) in [7, 11) is 0. The van der Waals surface area contributed by atoms with Gasteiger partial charge >= 0.3 is 0 Å². The highest BCUT2D eigenvalue weighted by Crippen LogP contribution is 2.10. The minimum atomic E-state index is -0.290. The summed E-state index contributed by atoms with van der Waals surface area (Å²) in [5.74, 6) is 1.54. The predicted molar refractivity (Wildman–Crippen MR) is 64.1 cm³/mol. The van der Waals surface area contributed by atoms with Gasteiger partial charge in [0.25, 0.3) is 0 Å². The number of hydrogen-bond acceptors (Lipinski definition) is 3. The highest BCUT2D eigenvalue weighted by molar-refractivity contribution is 4.87. The highest BCUT2D eigenvalue weighted by atomic mass is 16.3. The summed E-state index contributed by atoms with van der Waals surface area (Å²) < 4.78 is 1.89. The van der Waals surface area contributed by atoms with E-state index in [2.05, 4.69) is 30.9 Å². The smallest absolute Gasteiger partial charge is 0.138 e. The van der Waals surface area contributed by atoms with Crippen LogP contribution in [0, 0.1) is 5.92 Å². The molecule has 0 saturated carbocycles. The average Bonchev–Trinajstić information content (AvgIpc) is 2.63. The Hall–Kier alpha value is -0.900. The van der Waals surface area contributed by atoms with Gasteiger partial charge < -0.3 is 5.11 Å². The Kier molecular flexibility index (Phi) is 5.46. The van der Waals surface area contributed by atoms with E-state index in [0.29, 0.717) is 12.3 Å². The van der Waals surface area contributed by atoms with Crippen molar-refractivity contribution in [3.05, 3.63) is 12.2 Å². The molecular weight excluding hydrogens is 202 g/mol. The molecule has 0 fully saturated rings. The zero-order chi connectivity index (χ0) is 12.0. The van der Waals surface area contributed by atoms with E-state index >= 15 is 0 Å². The van der Waals surface area contributed by atoms with Crippen LogP contribution in [-0.4, -0.2) is 26.0 Å². The van der Waals surface area contributed by atoms with Crippen LogP contribution in [0.2, 0.25) is 0 Å². The summed E-state index contributed by atoms with van der Waals surface area (Å²) in [4.78, 5) is 4.19. The number of aromatic nitrogens is 3. The van der Waals surface area contributed by atoms with Gasteiger partial charge in [-0.2, -0.15) is 5.10 Å². The molecule has 92 valence electrons. The van der Waals surface area contributed by atoms with Crippen molar-refractivity contribution < 1.29 is 5.11 Å². The second-order valence-corrected chi connectivity index (χ2v) is 4.73. The lowest BCUT2D eigenvalue weighted by atomic mass is 10.0. The van der Waals surface area contributed by atoms with Crippen molar-refractivity contribution in [1.29, 1.82) is 0 Å². The van der Waals surface area contributed by atoms with Gasteiger partial charge in [-0.3, -0.25) is 4.68 Å². The van der Waals surface area contributed by atoms with E-state index in [1.54, 1.807) is 6.33 Å². The van der Waals surface area contributed by atoms with Gasteiger partial charge in [-0.15, -0.1) is 0 Å².